The number of amides is 1. The average Bonchev–Trinajstić information content (AvgIpc) is 3.32. The molecule has 3 heterocycles. The fourth-order valence-corrected chi connectivity index (χ4v) is 5.62. The van der Waals surface area contributed by atoms with Crippen molar-refractivity contribution in [1.82, 2.24) is 14.5 Å². The quantitative estimate of drug-likeness (QED) is 0.631. The molecule has 1 amide bonds. The number of aryl methyl sites for hydroxylation is 3. The Labute approximate surface area is 166 Å². The molecule has 3 aromatic rings. The van der Waals surface area contributed by atoms with Crippen molar-refractivity contribution in [3.05, 3.63) is 49.5 Å². The molecule has 0 saturated carbocycles. The van der Waals surface area contributed by atoms with Gasteiger partial charge < -0.3 is 4.90 Å². The van der Waals surface area contributed by atoms with Gasteiger partial charge in [0.25, 0.3) is 5.56 Å². The summed E-state index contributed by atoms with van der Waals surface area (Å²) in [4.78, 5) is 35.3. The minimum atomic E-state index is 0.00788. The Hall–Kier alpha value is -1.99. The fourth-order valence-electron chi connectivity index (χ4n) is 3.68. The van der Waals surface area contributed by atoms with Crippen LogP contribution in [-0.2, 0) is 30.7 Å². The molecule has 0 unspecified atom stereocenters. The summed E-state index contributed by atoms with van der Waals surface area (Å²) < 4.78 is 1.61. The van der Waals surface area contributed by atoms with E-state index < -0.39 is 0 Å². The van der Waals surface area contributed by atoms with Gasteiger partial charge in [0.15, 0.2) is 0 Å². The highest BCUT2D eigenvalue weighted by molar-refractivity contribution is 7.18. The second-order valence-corrected chi connectivity index (χ2v) is 8.99. The van der Waals surface area contributed by atoms with Gasteiger partial charge in [-0.15, -0.1) is 22.7 Å². The molecule has 1 aliphatic carbocycles. The summed E-state index contributed by atoms with van der Waals surface area (Å²) in [5, 5.41) is 2.81. The first-order valence-electron chi connectivity index (χ1n) is 9.47. The second-order valence-electron chi connectivity index (χ2n) is 6.87. The third-order valence-electron chi connectivity index (χ3n) is 5.17. The van der Waals surface area contributed by atoms with Crippen LogP contribution in [0.25, 0.3) is 10.2 Å². The maximum Gasteiger partial charge on any atom is 0.262 e. The van der Waals surface area contributed by atoms with Crippen molar-refractivity contribution in [2.24, 2.45) is 0 Å². The first-order valence-corrected chi connectivity index (χ1v) is 11.2. The number of thiophene rings is 2. The van der Waals surface area contributed by atoms with Crippen molar-refractivity contribution in [2.75, 3.05) is 6.54 Å². The first-order chi connectivity index (χ1) is 13.2. The fraction of sp³-hybridized carbons (Fsp3) is 0.450. The molecule has 0 atom stereocenters. The summed E-state index contributed by atoms with van der Waals surface area (Å²) in [5.74, 6) is 0.0743. The zero-order valence-electron chi connectivity index (χ0n) is 15.4. The second kappa shape index (κ2) is 7.94. The van der Waals surface area contributed by atoms with E-state index in [1.807, 2.05) is 29.3 Å². The van der Waals surface area contributed by atoms with Crippen LogP contribution in [0.5, 0.6) is 0 Å². The highest BCUT2D eigenvalue weighted by atomic mass is 32.1. The zero-order chi connectivity index (χ0) is 18.8. The van der Waals surface area contributed by atoms with Crippen LogP contribution >= 0.6 is 22.7 Å². The standard InChI is InChI=1S/C20H23N3O2S2/c1-2-22(12-14-6-5-11-26-14)17(24)9-10-23-13-21-19-18(20(23)25)15-7-3-4-8-16(15)27-19/h5-6,11,13H,2-4,7-10,12H2,1H3. The molecule has 1 aliphatic rings. The summed E-state index contributed by atoms with van der Waals surface area (Å²) in [6.45, 7) is 3.67. The van der Waals surface area contributed by atoms with Crippen LogP contribution in [0.4, 0.5) is 0 Å². The summed E-state index contributed by atoms with van der Waals surface area (Å²) in [7, 11) is 0. The van der Waals surface area contributed by atoms with E-state index in [4.69, 9.17) is 0 Å². The van der Waals surface area contributed by atoms with Crippen LogP contribution in [0.2, 0.25) is 0 Å². The molecule has 0 radical (unpaired) electrons. The lowest BCUT2D eigenvalue weighted by Crippen LogP contribution is -2.32. The lowest BCUT2D eigenvalue weighted by molar-refractivity contribution is -0.131. The van der Waals surface area contributed by atoms with Crippen LogP contribution < -0.4 is 5.56 Å². The maximum atomic E-state index is 13.0. The van der Waals surface area contributed by atoms with Crippen molar-refractivity contribution >= 4 is 38.8 Å². The van der Waals surface area contributed by atoms with E-state index in [-0.39, 0.29) is 11.5 Å². The molecule has 0 spiro atoms. The Morgan fingerprint density at radius 2 is 2.19 bits per heavy atom. The van der Waals surface area contributed by atoms with Gasteiger partial charge in [-0.25, -0.2) is 4.98 Å². The van der Waals surface area contributed by atoms with Gasteiger partial charge in [0, 0.05) is 29.3 Å². The van der Waals surface area contributed by atoms with Gasteiger partial charge >= 0.3 is 0 Å². The number of hydrogen-bond donors (Lipinski definition) is 0. The van der Waals surface area contributed by atoms with E-state index in [1.165, 1.54) is 21.7 Å². The summed E-state index contributed by atoms with van der Waals surface area (Å²) in [5.41, 5.74) is 1.21. The van der Waals surface area contributed by atoms with Crippen molar-refractivity contribution in [1.29, 1.82) is 0 Å². The Bertz CT molecular complexity index is 1000. The molecule has 0 aliphatic heterocycles. The molecule has 5 nitrogen and oxygen atoms in total. The van der Waals surface area contributed by atoms with Crippen molar-refractivity contribution < 1.29 is 4.79 Å². The van der Waals surface area contributed by atoms with E-state index in [1.54, 1.807) is 33.6 Å². The Morgan fingerprint density at radius 3 is 2.96 bits per heavy atom. The topological polar surface area (TPSA) is 55.2 Å². The molecular formula is C20H23N3O2S2. The van der Waals surface area contributed by atoms with Gasteiger partial charge in [-0.3, -0.25) is 14.2 Å². The van der Waals surface area contributed by atoms with E-state index in [2.05, 4.69) is 4.98 Å². The number of fused-ring (bicyclic) bond motifs is 3. The lowest BCUT2D eigenvalue weighted by atomic mass is 9.97. The highest BCUT2D eigenvalue weighted by Crippen LogP contribution is 2.33. The molecule has 0 saturated heterocycles. The number of rotatable bonds is 6. The summed E-state index contributed by atoms with van der Waals surface area (Å²) >= 11 is 3.32. The molecular weight excluding hydrogens is 378 g/mol. The Balaban J connectivity index is 1.50. The third kappa shape index (κ3) is 3.71. The van der Waals surface area contributed by atoms with Crippen LogP contribution in [0, 0.1) is 0 Å². The number of carbonyl (C=O) groups excluding carboxylic acids is 1. The van der Waals surface area contributed by atoms with Crippen LogP contribution in [-0.4, -0.2) is 26.9 Å². The molecule has 27 heavy (non-hydrogen) atoms. The average molecular weight is 402 g/mol. The van der Waals surface area contributed by atoms with E-state index in [0.717, 1.165) is 29.5 Å². The number of carbonyl (C=O) groups is 1. The van der Waals surface area contributed by atoms with Gasteiger partial charge in [-0.2, -0.15) is 0 Å². The number of nitrogens with zero attached hydrogens (tertiary/aromatic N) is 3. The largest absolute Gasteiger partial charge is 0.338 e. The molecule has 3 aromatic heterocycles. The van der Waals surface area contributed by atoms with Gasteiger partial charge in [-0.1, -0.05) is 6.07 Å². The Morgan fingerprint density at radius 1 is 1.33 bits per heavy atom. The number of hydrogen-bond acceptors (Lipinski definition) is 5. The smallest absolute Gasteiger partial charge is 0.262 e. The third-order valence-corrected chi connectivity index (χ3v) is 7.23. The minimum absolute atomic E-state index is 0.00788. The predicted molar refractivity (Wildman–Crippen MR) is 111 cm³/mol. The minimum Gasteiger partial charge on any atom is -0.338 e. The van der Waals surface area contributed by atoms with Crippen LogP contribution in [0.1, 0.15) is 41.5 Å². The molecule has 0 N–H and O–H groups in total. The zero-order valence-corrected chi connectivity index (χ0v) is 17.1. The molecule has 4 rings (SSSR count). The van der Waals surface area contributed by atoms with Crippen molar-refractivity contribution in [3.63, 3.8) is 0 Å². The maximum absolute atomic E-state index is 13.0. The monoisotopic (exact) mass is 401 g/mol. The molecule has 0 aromatic carbocycles. The van der Waals surface area contributed by atoms with Gasteiger partial charge in [-0.05, 0) is 49.6 Å². The van der Waals surface area contributed by atoms with Crippen LogP contribution in [0.3, 0.4) is 0 Å². The molecule has 0 fully saturated rings. The highest BCUT2D eigenvalue weighted by Gasteiger charge is 2.20. The van der Waals surface area contributed by atoms with Crippen molar-refractivity contribution in [2.45, 2.75) is 52.1 Å². The van der Waals surface area contributed by atoms with E-state index >= 15 is 0 Å². The first kappa shape index (κ1) is 18.4. The molecule has 0 bridgehead atoms. The van der Waals surface area contributed by atoms with Gasteiger partial charge in [0.1, 0.15) is 4.83 Å². The summed E-state index contributed by atoms with van der Waals surface area (Å²) in [6.07, 6.45) is 6.29. The normalized spacial score (nSPS) is 13.7. The summed E-state index contributed by atoms with van der Waals surface area (Å²) in [6, 6.07) is 4.04. The molecule has 142 valence electrons. The van der Waals surface area contributed by atoms with Gasteiger partial charge in [0.2, 0.25) is 5.91 Å². The van der Waals surface area contributed by atoms with Crippen LogP contribution in [0.15, 0.2) is 28.6 Å². The molecule has 7 heteroatoms. The Kier molecular flexibility index (Phi) is 5.41. The van der Waals surface area contributed by atoms with E-state index in [9.17, 15) is 9.59 Å². The number of aromatic nitrogens is 2. The predicted octanol–water partition coefficient (Wildman–Crippen LogP) is 3.84. The lowest BCUT2D eigenvalue weighted by Gasteiger charge is -2.20. The van der Waals surface area contributed by atoms with Crippen molar-refractivity contribution in [3.8, 4) is 0 Å². The SMILES string of the molecule is CCN(Cc1cccs1)C(=O)CCn1cnc2sc3c(c2c1=O)CCCC3. The van der Waals surface area contributed by atoms with Gasteiger partial charge in [0.05, 0.1) is 18.3 Å². The van der Waals surface area contributed by atoms with E-state index in [0.29, 0.717) is 26.1 Å².